The van der Waals surface area contributed by atoms with Crippen molar-refractivity contribution in [3.8, 4) is 0 Å². The van der Waals surface area contributed by atoms with Gasteiger partial charge in [-0.1, -0.05) is 61.1 Å². The van der Waals surface area contributed by atoms with Gasteiger partial charge in [0.05, 0.1) is 8.07 Å². The van der Waals surface area contributed by atoms with E-state index in [9.17, 15) is 0 Å². The monoisotopic (exact) mass is 318 g/mol. The Kier molecular flexibility index (Phi) is 7.54. The number of hydrogen-bond acceptors (Lipinski definition) is 1. The van der Waals surface area contributed by atoms with Crippen LogP contribution in [0.5, 0.6) is 0 Å². The summed E-state index contributed by atoms with van der Waals surface area (Å²) in [5.41, 5.74) is 2.95. The minimum atomic E-state index is -1.22. The predicted octanol–water partition coefficient (Wildman–Crippen LogP) is 6.72. The van der Waals surface area contributed by atoms with Crippen molar-refractivity contribution < 1.29 is 0 Å². The second kappa shape index (κ2) is 8.65. The van der Waals surface area contributed by atoms with Crippen LogP contribution in [-0.4, -0.2) is 12.9 Å². The highest BCUT2D eigenvalue weighted by molar-refractivity contribution is 8.01. The molecular weight excluding hydrogens is 288 g/mol. The Morgan fingerprint density at radius 2 is 1.71 bits per heavy atom. The normalized spacial score (nSPS) is 13.9. The molecule has 0 aliphatic carbocycles. The van der Waals surface area contributed by atoms with Gasteiger partial charge in [-0.25, -0.2) is 0 Å². The Morgan fingerprint density at radius 1 is 1.10 bits per heavy atom. The van der Waals surface area contributed by atoms with Gasteiger partial charge in [-0.2, -0.15) is 0 Å². The Labute approximate surface area is 136 Å². The maximum absolute atomic E-state index is 2.53. The van der Waals surface area contributed by atoms with Crippen molar-refractivity contribution in [1.82, 2.24) is 0 Å². The summed E-state index contributed by atoms with van der Waals surface area (Å²) in [4.78, 5) is 2.03. The summed E-state index contributed by atoms with van der Waals surface area (Å²) in [5.74, 6) is 0. The Balaban J connectivity index is 2.76. The van der Waals surface area contributed by atoms with Crippen LogP contribution >= 0.6 is 11.8 Å². The fraction of sp³-hybridized carbons (Fsp3) is 0.474. The third-order valence-corrected chi connectivity index (χ3v) is 8.67. The average Bonchev–Trinajstić information content (AvgIpc) is 2.37. The molecule has 0 saturated heterocycles. The lowest BCUT2D eigenvalue weighted by Gasteiger charge is -2.26. The Hall–Kier alpha value is -0.733. The van der Waals surface area contributed by atoms with Crippen LogP contribution < -0.4 is 0 Å². The number of hydrogen-bond donors (Lipinski definition) is 0. The van der Waals surface area contributed by atoms with Gasteiger partial charge in [-0.3, -0.25) is 0 Å². The van der Waals surface area contributed by atoms with Gasteiger partial charge in [-0.05, 0) is 45.7 Å². The van der Waals surface area contributed by atoms with Crippen LogP contribution in [0.4, 0.5) is 0 Å². The van der Waals surface area contributed by atoms with Crippen molar-refractivity contribution in [3.63, 3.8) is 0 Å². The summed E-state index contributed by atoms with van der Waals surface area (Å²) in [7, 11) is -1.22. The van der Waals surface area contributed by atoms with E-state index in [2.05, 4.69) is 82.9 Å². The van der Waals surface area contributed by atoms with Crippen LogP contribution in [0.2, 0.25) is 19.6 Å². The van der Waals surface area contributed by atoms with Crippen LogP contribution in [0.25, 0.3) is 0 Å². The molecule has 0 bridgehead atoms. The highest BCUT2D eigenvalue weighted by atomic mass is 32.2. The first kappa shape index (κ1) is 18.3. The molecular formula is C19H30SSi. The lowest BCUT2D eigenvalue weighted by Crippen LogP contribution is -2.34. The lowest BCUT2D eigenvalue weighted by atomic mass is 10.1. The summed E-state index contributed by atoms with van der Waals surface area (Å²) >= 11 is 2.03. The fourth-order valence-electron chi connectivity index (χ4n) is 2.04. The largest absolute Gasteiger partial charge is 0.122 e. The first-order valence-corrected chi connectivity index (χ1v) is 12.3. The van der Waals surface area contributed by atoms with Crippen molar-refractivity contribution in [3.05, 3.63) is 53.6 Å². The highest BCUT2D eigenvalue weighted by Gasteiger charge is 2.25. The molecule has 2 heteroatoms. The quantitative estimate of drug-likeness (QED) is 0.305. The third kappa shape index (κ3) is 7.73. The molecule has 1 unspecified atom stereocenters. The molecule has 0 radical (unpaired) electrons. The molecule has 0 aliphatic heterocycles. The average molecular weight is 319 g/mol. The van der Waals surface area contributed by atoms with E-state index in [1.54, 1.807) is 0 Å². The number of thioether (sulfide) groups is 1. The Morgan fingerprint density at radius 3 is 2.24 bits per heavy atom. The van der Waals surface area contributed by atoms with Gasteiger partial charge < -0.3 is 0 Å². The number of rotatable bonds is 7. The smallest absolute Gasteiger partial charge is 0.0639 e. The molecule has 21 heavy (non-hydrogen) atoms. The number of benzene rings is 1. The summed E-state index contributed by atoms with van der Waals surface area (Å²) in [6, 6.07) is 10.8. The van der Waals surface area contributed by atoms with Crippen LogP contribution in [0.1, 0.15) is 33.6 Å². The molecule has 0 aromatic heterocycles. The molecule has 0 nitrogen and oxygen atoms in total. The molecule has 0 fully saturated rings. The second-order valence-electron chi connectivity index (χ2n) is 7.05. The van der Waals surface area contributed by atoms with Crippen LogP contribution in [-0.2, 0) is 0 Å². The van der Waals surface area contributed by atoms with Crippen LogP contribution in [0.3, 0.4) is 0 Å². The van der Waals surface area contributed by atoms with E-state index in [0.717, 1.165) is 0 Å². The first-order chi connectivity index (χ1) is 9.79. The van der Waals surface area contributed by atoms with E-state index in [4.69, 9.17) is 0 Å². The zero-order valence-electron chi connectivity index (χ0n) is 14.4. The number of allylic oxidation sites excluding steroid dienone is 3. The maximum atomic E-state index is 2.53. The van der Waals surface area contributed by atoms with Gasteiger partial charge in [0, 0.05) is 9.77 Å². The van der Waals surface area contributed by atoms with Gasteiger partial charge >= 0.3 is 0 Å². The lowest BCUT2D eigenvalue weighted by molar-refractivity contribution is 0.961. The third-order valence-electron chi connectivity index (χ3n) is 3.39. The van der Waals surface area contributed by atoms with Gasteiger partial charge in [0.2, 0.25) is 0 Å². The minimum Gasteiger partial charge on any atom is -0.122 e. The molecule has 1 aromatic carbocycles. The van der Waals surface area contributed by atoms with Crippen molar-refractivity contribution in [2.24, 2.45) is 0 Å². The molecule has 1 atom stereocenters. The van der Waals surface area contributed by atoms with E-state index in [1.165, 1.54) is 28.9 Å². The van der Waals surface area contributed by atoms with Gasteiger partial charge in [0.1, 0.15) is 0 Å². The first-order valence-electron chi connectivity index (χ1n) is 7.81. The molecule has 0 heterocycles. The van der Waals surface area contributed by atoms with Gasteiger partial charge in [0.25, 0.3) is 0 Å². The molecule has 1 aromatic rings. The molecule has 0 spiro atoms. The second-order valence-corrected chi connectivity index (χ2v) is 14.0. The molecule has 0 N–H and O–H groups in total. The van der Waals surface area contributed by atoms with E-state index < -0.39 is 8.07 Å². The van der Waals surface area contributed by atoms with E-state index in [0.29, 0.717) is 4.87 Å². The van der Waals surface area contributed by atoms with Crippen molar-refractivity contribution >= 4 is 19.8 Å². The zero-order chi connectivity index (χ0) is 15.9. The van der Waals surface area contributed by atoms with E-state index >= 15 is 0 Å². The van der Waals surface area contributed by atoms with Crippen molar-refractivity contribution in [2.75, 3.05) is 0 Å². The van der Waals surface area contributed by atoms with Gasteiger partial charge in [-0.15, -0.1) is 11.8 Å². The maximum Gasteiger partial charge on any atom is 0.0639 e. The van der Waals surface area contributed by atoms with Crippen LogP contribution in [0.15, 0.2) is 58.5 Å². The molecule has 1 rings (SSSR count). The van der Waals surface area contributed by atoms with E-state index in [1.807, 2.05) is 11.8 Å². The minimum absolute atomic E-state index is 0.645. The Bertz CT molecular complexity index is 476. The predicted molar refractivity (Wildman–Crippen MR) is 102 cm³/mol. The van der Waals surface area contributed by atoms with E-state index in [-0.39, 0.29) is 0 Å². The molecule has 0 saturated carbocycles. The molecule has 116 valence electrons. The van der Waals surface area contributed by atoms with Crippen molar-refractivity contribution in [1.29, 1.82) is 0 Å². The standard InChI is InChI=1S/C19H30SSi/c1-16(2)11-10-12-17(3)15-19(21(4,5)6)20-18-13-8-7-9-14-18/h7-9,11,13-15,19H,10,12H2,1-6H3/b17-15+. The fourth-order valence-corrected chi connectivity index (χ4v) is 5.55. The molecule has 0 amide bonds. The summed E-state index contributed by atoms with van der Waals surface area (Å²) in [5, 5.41) is 0. The highest BCUT2D eigenvalue weighted by Crippen LogP contribution is 2.31. The van der Waals surface area contributed by atoms with Gasteiger partial charge in [0.15, 0.2) is 0 Å². The zero-order valence-corrected chi connectivity index (χ0v) is 16.3. The molecule has 0 aliphatic rings. The SMILES string of the molecule is CC(C)=CCC/C(C)=C/C(Sc1ccccc1)[Si](C)(C)C. The van der Waals surface area contributed by atoms with Crippen molar-refractivity contribution in [2.45, 2.75) is 63.0 Å². The summed E-state index contributed by atoms with van der Waals surface area (Å²) in [6.07, 6.45) is 7.22. The summed E-state index contributed by atoms with van der Waals surface area (Å²) in [6.45, 7) is 14.0. The van der Waals surface area contributed by atoms with Crippen LogP contribution in [0, 0.1) is 0 Å². The topological polar surface area (TPSA) is 0 Å². The summed E-state index contributed by atoms with van der Waals surface area (Å²) < 4.78 is 0.